The molecule has 1 atom stereocenters. The SMILES string of the molecule is O=C(O)c1ccc([C@H]2CCCN(C(=O)CCCN3CCCC3)C2)cc1. The van der Waals surface area contributed by atoms with Crippen molar-refractivity contribution in [2.75, 3.05) is 32.7 Å². The largest absolute Gasteiger partial charge is 0.478 e. The zero-order valence-electron chi connectivity index (χ0n) is 14.8. The van der Waals surface area contributed by atoms with Crippen LogP contribution in [0.5, 0.6) is 0 Å². The normalized spacial score (nSPS) is 21.4. The van der Waals surface area contributed by atoms with Crippen molar-refractivity contribution in [3.63, 3.8) is 0 Å². The van der Waals surface area contributed by atoms with Crippen LogP contribution in [0.1, 0.15) is 60.4 Å². The molecule has 0 aliphatic carbocycles. The molecule has 5 nitrogen and oxygen atoms in total. The molecule has 2 heterocycles. The molecule has 2 aliphatic heterocycles. The summed E-state index contributed by atoms with van der Waals surface area (Å²) in [4.78, 5) is 27.9. The Labute approximate surface area is 149 Å². The van der Waals surface area contributed by atoms with Crippen molar-refractivity contribution in [3.05, 3.63) is 35.4 Å². The van der Waals surface area contributed by atoms with Crippen molar-refractivity contribution in [2.24, 2.45) is 0 Å². The molecule has 2 aliphatic rings. The van der Waals surface area contributed by atoms with Crippen molar-refractivity contribution in [2.45, 2.75) is 44.4 Å². The molecule has 2 fully saturated rings. The quantitative estimate of drug-likeness (QED) is 0.862. The minimum absolute atomic E-state index is 0.269. The number of rotatable bonds is 6. The number of amides is 1. The van der Waals surface area contributed by atoms with Crippen molar-refractivity contribution < 1.29 is 14.7 Å². The zero-order chi connectivity index (χ0) is 17.6. The summed E-state index contributed by atoms with van der Waals surface area (Å²) < 4.78 is 0. The van der Waals surface area contributed by atoms with Gasteiger partial charge in [-0.05, 0) is 69.4 Å². The van der Waals surface area contributed by atoms with Crippen LogP contribution in [0.3, 0.4) is 0 Å². The van der Waals surface area contributed by atoms with Gasteiger partial charge in [-0.2, -0.15) is 0 Å². The standard InChI is InChI=1S/C20H28N2O3/c23-19(6-4-13-21-11-1-2-12-21)22-14-3-5-18(15-22)16-7-9-17(10-8-16)20(24)25/h7-10,18H,1-6,11-15H2,(H,24,25)/t18-/m0/s1. The predicted molar refractivity (Wildman–Crippen MR) is 96.9 cm³/mol. The topological polar surface area (TPSA) is 60.9 Å². The number of nitrogens with zero attached hydrogens (tertiary/aromatic N) is 2. The van der Waals surface area contributed by atoms with E-state index < -0.39 is 5.97 Å². The summed E-state index contributed by atoms with van der Waals surface area (Å²) in [5, 5.41) is 9.01. The van der Waals surface area contributed by atoms with E-state index in [0.29, 0.717) is 17.9 Å². The van der Waals surface area contributed by atoms with E-state index in [1.165, 1.54) is 25.9 Å². The lowest BCUT2D eigenvalue weighted by atomic mass is 9.90. The summed E-state index contributed by atoms with van der Waals surface area (Å²) in [5.74, 6) is -0.310. The van der Waals surface area contributed by atoms with Crippen LogP contribution in [0, 0.1) is 0 Å². The third kappa shape index (κ3) is 4.82. The van der Waals surface area contributed by atoms with Crippen molar-refractivity contribution in [1.82, 2.24) is 9.80 Å². The second-order valence-corrected chi connectivity index (χ2v) is 7.26. The van der Waals surface area contributed by atoms with Gasteiger partial charge in [0.05, 0.1) is 5.56 Å². The Hall–Kier alpha value is -1.88. The number of carbonyl (C=O) groups is 2. The number of likely N-dealkylation sites (tertiary alicyclic amines) is 2. The van der Waals surface area contributed by atoms with Crippen LogP contribution in [0.4, 0.5) is 0 Å². The second kappa shape index (κ2) is 8.48. The van der Waals surface area contributed by atoms with Gasteiger partial charge in [0.25, 0.3) is 0 Å². The summed E-state index contributed by atoms with van der Waals surface area (Å²) >= 11 is 0. The molecule has 25 heavy (non-hydrogen) atoms. The first-order chi connectivity index (χ1) is 12.1. The van der Waals surface area contributed by atoms with E-state index in [2.05, 4.69) is 4.90 Å². The van der Waals surface area contributed by atoms with Gasteiger partial charge in [0.1, 0.15) is 0 Å². The summed E-state index contributed by atoms with van der Waals surface area (Å²) in [6, 6.07) is 7.12. The smallest absolute Gasteiger partial charge is 0.335 e. The maximum Gasteiger partial charge on any atom is 0.335 e. The molecular weight excluding hydrogens is 316 g/mol. The second-order valence-electron chi connectivity index (χ2n) is 7.26. The molecule has 0 unspecified atom stereocenters. The molecule has 0 saturated carbocycles. The van der Waals surface area contributed by atoms with Gasteiger partial charge >= 0.3 is 5.97 Å². The average Bonchev–Trinajstić information content (AvgIpc) is 3.15. The van der Waals surface area contributed by atoms with Crippen molar-refractivity contribution in [3.8, 4) is 0 Å². The highest BCUT2D eigenvalue weighted by Crippen LogP contribution is 2.27. The number of carboxylic acid groups (broad SMARTS) is 1. The molecule has 1 N–H and O–H groups in total. The van der Waals surface area contributed by atoms with Gasteiger partial charge in [-0.1, -0.05) is 12.1 Å². The number of carboxylic acids is 1. The summed E-state index contributed by atoms with van der Waals surface area (Å²) in [6.45, 7) is 5.03. The van der Waals surface area contributed by atoms with Gasteiger partial charge in [-0.25, -0.2) is 4.79 Å². The summed E-state index contributed by atoms with van der Waals surface area (Å²) in [6.07, 6.45) is 6.26. The first-order valence-electron chi connectivity index (χ1n) is 9.47. The van der Waals surface area contributed by atoms with E-state index >= 15 is 0 Å². The highest BCUT2D eigenvalue weighted by Gasteiger charge is 2.24. The molecule has 0 spiro atoms. The van der Waals surface area contributed by atoms with E-state index in [-0.39, 0.29) is 5.91 Å². The van der Waals surface area contributed by atoms with Crippen LogP contribution >= 0.6 is 0 Å². The molecule has 0 radical (unpaired) electrons. The lowest BCUT2D eigenvalue weighted by molar-refractivity contribution is -0.132. The van der Waals surface area contributed by atoms with Gasteiger partial charge in [0.2, 0.25) is 5.91 Å². The van der Waals surface area contributed by atoms with E-state index in [9.17, 15) is 9.59 Å². The third-order valence-electron chi connectivity index (χ3n) is 5.47. The Balaban J connectivity index is 1.49. The van der Waals surface area contributed by atoms with Gasteiger partial charge in [0.15, 0.2) is 0 Å². The molecule has 136 valence electrons. The fraction of sp³-hybridized carbons (Fsp3) is 0.600. The van der Waals surface area contributed by atoms with Crippen molar-refractivity contribution >= 4 is 11.9 Å². The number of benzene rings is 1. The number of hydrogen-bond donors (Lipinski definition) is 1. The van der Waals surface area contributed by atoms with Gasteiger partial charge in [-0.3, -0.25) is 4.79 Å². The van der Waals surface area contributed by atoms with Crippen LogP contribution in [0.2, 0.25) is 0 Å². The Morgan fingerprint density at radius 3 is 2.44 bits per heavy atom. The first-order valence-corrected chi connectivity index (χ1v) is 9.47. The highest BCUT2D eigenvalue weighted by molar-refractivity contribution is 5.87. The summed E-state index contributed by atoms with van der Waals surface area (Å²) in [5.41, 5.74) is 1.45. The molecule has 1 aromatic rings. The molecule has 0 aromatic heterocycles. The van der Waals surface area contributed by atoms with E-state index in [1.807, 2.05) is 17.0 Å². The fourth-order valence-corrected chi connectivity index (χ4v) is 3.99. The van der Waals surface area contributed by atoms with Gasteiger partial charge in [0, 0.05) is 25.4 Å². The summed E-state index contributed by atoms with van der Waals surface area (Å²) in [7, 11) is 0. The van der Waals surface area contributed by atoms with Crippen LogP contribution < -0.4 is 0 Å². The van der Waals surface area contributed by atoms with E-state index in [0.717, 1.165) is 44.5 Å². The number of carbonyl (C=O) groups excluding carboxylic acids is 1. The molecule has 2 saturated heterocycles. The average molecular weight is 344 g/mol. The zero-order valence-corrected chi connectivity index (χ0v) is 14.8. The van der Waals surface area contributed by atoms with Crippen LogP contribution in [0.15, 0.2) is 24.3 Å². The maximum atomic E-state index is 12.5. The first kappa shape index (κ1) is 17.9. The minimum atomic E-state index is -0.898. The Kier molecular flexibility index (Phi) is 6.08. The van der Waals surface area contributed by atoms with Crippen LogP contribution in [-0.2, 0) is 4.79 Å². The lowest BCUT2D eigenvalue weighted by Gasteiger charge is -2.33. The van der Waals surface area contributed by atoms with Crippen LogP contribution in [0.25, 0.3) is 0 Å². The molecule has 1 aromatic carbocycles. The van der Waals surface area contributed by atoms with Gasteiger partial charge < -0.3 is 14.9 Å². The van der Waals surface area contributed by atoms with Crippen molar-refractivity contribution in [1.29, 1.82) is 0 Å². The molecule has 0 bridgehead atoms. The predicted octanol–water partition coefficient (Wildman–Crippen LogP) is 2.97. The number of aromatic carboxylic acids is 1. The maximum absolute atomic E-state index is 12.5. The number of hydrogen-bond acceptors (Lipinski definition) is 3. The monoisotopic (exact) mass is 344 g/mol. The molecule has 5 heteroatoms. The van der Waals surface area contributed by atoms with E-state index in [4.69, 9.17) is 5.11 Å². The van der Waals surface area contributed by atoms with Gasteiger partial charge in [-0.15, -0.1) is 0 Å². The Morgan fingerprint density at radius 2 is 1.76 bits per heavy atom. The Morgan fingerprint density at radius 1 is 1.04 bits per heavy atom. The van der Waals surface area contributed by atoms with Crippen LogP contribution in [-0.4, -0.2) is 59.5 Å². The Bertz CT molecular complexity index is 593. The highest BCUT2D eigenvalue weighted by atomic mass is 16.4. The molecular formula is C20H28N2O3. The van der Waals surface area contributed by atoms with E-state index in [1.54, 1.807) is 12.1 Å². The minimum Gasteiger partial charge on any atom is -0.478 e. The fourth-order valence-electron chi connectivity index (χ4n) is 3.99. The third-order valence-corrected chi connectivity index (χ3v) is 5.47. The lowest BCUT2D eigenvalue weighted by Crippen LogP contribution is -2.39. The molecule has 1 amide bonds. The molecule has 3 rings (SSSR count). The number of piperidine rings is 1.